The standard InChI is InChI=1S/C14H17NO/c1-14-9-13(16-2)11(14)8-12(15-14)10-6-4-3-5-7-10/h3-7,11,13H,8-9H2,1-2H3/t11-,13-,14+/m1/s1. The molecule has 16 heavy (non-hydrogen) atoms. The Morgan fingerprint density at radius 3 is 2.75 bits per heavy atom. The summed E-state index contributed by atoms with van der Waals surface area (Å²) in [6, 6.07) is 10.5. The Bertz CT molecular complexity index is 426. The van der Waals surface area contributed by atoms with Gasteiger partial charge in [-0.2, -0.15) is 0 Å². The van der Waals surface area contributed by atoms with Crippen molar-refractivity contribution in [3.63, 3.8) is 0 Å². The highest BCUT2D eigenvalue weighted by Gasteiger charge is 2.54. The maximum absolute atomic E-state index is 5.48. The highest BCUT2D eigenvalue weighted by molar-refractivity contribution is 6.02. The van der Waals surface area contributed by atoms with Gasteiger partial charge in [0, 0.05) is 18.7 Å². The minimum atomic E-state index is 0.145. The fraction of sp³-hybridized carbons (Fsp3) is 0.500. The van der Waals surface area contributed by atoms with Crippen LogP contribution in [0.2, 0.25) is 0 Å². The van der Waals surface area contributed by atoms with Gasteiger partial charge in [0.1, 0.15) is 0 Å². The van der Waals surface area contributed by atoms with E-state index >= 15 is 0 Å². The summed E-state index contributed by atoms with van der Waals surface area (Å²) in [5, 5.41) is 0. The van der Waals surface area contributed by atoms with Crippen LogP contribution in [0.5, 0.6) is 0 Å². The van der Waals surface area contributed by atoms with Crippen molar-refractivity contribution in [2.75, 3.05) is 7.11 Å². The van der Waals surface area contributed by atoms with Gasteiger partial charge in [-0.25, -0.2) is 0 Å². The van der Waals surface area contributed by atoms with Crippen LogP contribution in [0.25, 0.3) is 0 Å². The van der Waals surface area contributed by atoms with Gasteiger partial charge in [0.25, 0.3) is 0 Å². The van der Waals surface area contributed by atoms with Crippen molar-refractivity contribution in [2.24, 2.45) is 10.9 Å². The first kappa shape index (κ1) is 10.0. The molecule has 1 aromatic carbocycles. The number of hydrogen-bond donors (Lipinski definition) is 0. The molecular weight excluding hydrogens is 198 g/mol. The summed E-state index contributed by atoms with van der Waals surface area (Å²) in [5.41, 5.74) is 2.67. The molecule has 2 aliphatic rings. The summed E-state index contributed by atoms with van der Waals surface area (Å²) < 4.78 is 5.48. The number of rotatable bonds is 2. The molecule has 0 aromatic heterocycles. The predicted octanol–water partition coefficient (Wildman–Crippen LogP) is 2.67. The van der Waals surface area contributed by atoms with Crippen molar-refractivity contribution in [3.05, 3.63) is 35.9 Å². The normalized spacial score (nSPS) is 36.5. The van der Waals surface area contributed by atoms with Crippen molar-refractivity contribution >= 4 is 5.71 Å². The van der Waals surface area contributed by atoms with E-state index in [0.717, 1.165) is 12.8 Å². The molecule has 1 aromatic rings. The van der Waals surface area contributed by atoms with Gasteiger partial charge in [0.05, 0.1) is 11.6 Å². The van der Waals surface area contributed by atoms with Gasteiger partial charge in [-0.1, -0.05) is 30.3 Å². The van der Waals surface area contributed by atoms with Crippen molar-refractivity contribution in [2.45, 2.75) is 31.4 Å². The molecule has 1 heterocycles. The molecule has 3 rings (SSSR count). The molecule has 0 amide bonds. The minimum absolute atomic E-state index is 0.145. The molecule has 1 saturated carbocycles. The maximum atomic E-state index is 5.48. The molecule has 1 aliphatic heterocycles. The van der Waals surface area contributed by atoms with Crippen LogP contribution in [0.3, 0.4) is 0 Å². The molecule has 0 N–H and O–H groups in total. The lowest BCUT2D eigenvalue weighted by molar-refractivity contribution is -0.0598. The van der Waals surface area contributed by atoms with Crippen molar-refractivity contribution in [1.29, 1.82) is 0 Å². The smallest absolute Gasteiger partial charge is 0.0664 e. The molecule has 0 radical (unpaired) electrons. The predicted molar refractivity (Wildman–Crippen MR) is 64.9 cm³/mol. The van der Waals surface area contributed by atoms with Crippen LogP contribution in [0.4, 0.5) is 0 Å². The van der Waals surface area contributed by atoms with Crippen molar-refractivity contribution in [1.82, 2.24) is 0 Å². The van der Waals surface area contributed by atoms with E-state index in [0.29, 0.717) is 12.0 Å². The lowest BCUT2D eigenvalue weighted by atomic mass is 9.66. The third-order valence-electron chi connectivity index (χ3n) is 4.08. The van der Waals surface area contributed by atoms with E-state index < -0.39 is 0 Å². The van der Waals surface area contributed by atoms with Crippen molar-refractivity contribution in [3.8, 4) is 0 Å². The van der Waals surface area contributed by atoms with Crippen LogP contribution in [0.1, 0.15) is 25.3 Å². The molecule has 0 spiro atoms. The van der Waals surface area contributed by atoms with Gasteiger partial charge in [-0.3, -0.25) is 4.99 Å². The van der Waals surface area contributed by atoms with Gasteiger partial charge in [-0.15, -0.1) is 0 Å². The zero-order valence-electron chi connectivity index (χ0n) is 9.81. The molecule has 0 bridgehead atoms. The average molecular weight is 215 g/mol. The second kappa shape index (κ2) is 3.42. The van der Waals surface area contributed by atoms with E-state index in [1.165, 1.54) is 11.3 Å². The minimum Gasteiger partial charge on any atom is -0.381 e. The quantitative estimate of drug-likeness (QED) is 0.743. The number of fused-ring (bicyclic) bond motifs is 1. The Labute approximate surface area is 96.3 Å². The summed E-state index contributed by atoms with van der Waals surface area (Å²) in [5.74, 6) is 0.590. The maximum Gasteiger partial charge on any atom is 0.0664 e. The number of hydrogen-bond acceptors (Lipinski definition) is 2. The summed E-state index contributed by atoms with van der Waals surface area (Å²) in [7, 11) is 1.81. The van der Waals surface area contributed by atoms with Crippen LogP contribution in [0.15, 0.2) is 35.3 Å². The molecule has 2 nitrogen and oxygen atoms in total. The first-order chi connectivity index (χ1) is 7.73. The molecule has 1 aliphatic carbocycles. The Hall–Kier alpha value is -1.15. The average Bonchev–Trinajstić information content (AvgIpc) is 2.57. The Kier molecular flexibility index (Phi) is 2.15. The first-order valence-corrected chi connectivity index (χ1v) is 5.90. The Morgan fingerprint density at radius 1 is 1.31 bits per heavy atom. The molecule has 1 fully saturated rings. The van der Waals surface area contributed by atoms with E-state index in [4.69, 9.17) is 9.73 Å². The van der Waals surface area contributed by atoms with E-state index in [1.807, 2.05) is 13.2 Å². The largest absolute Gasteiger partial charge is 0.381 e. The molecule has 0 saturated heterocycles. The molecule has 0 unspecified atom stereocenters. The SMILES string of the molecule is CO[C@@H]1C[C@]2(C)N=C(c3ccccc3)C[C@H]12. The summed E-state index contributed by atoms with van der Waals surface area (Å²) in [4.78, 5) is 4.89. The monoisotopic (exact) mass is 215 g/mol. The summed E-state index contributed by atoms with van der Waals surface area (Å²) in [6.45, 7) is 2.25. The lowest BCUT2D eigenvalue weighted by Crippen LogP contribution is -2.52. The number of nitrogens with zero attached hydrogens (tertiary/aromatic N) is 1. The number of methoxy groups -OCH3 is 1. The highest BCUT2D eigenvalue weighted by Crippen LogP contribution is 2.50. The van der Waals surface area contributed by atoms with Gasteiger partial charge in [-0.05, 0) is 25.3 Å². The summed E-state index contributed by atoms with van der Waals surface area (Å²) in [6.07, 6.45) is 2.55. The van der Waals surface area contributed by atoms with Crippen LogP contribution >= 0.6 is 0 Å². The zero-order chi connectivity index (χ0) is 11.2. The van der Waals surface area contributed by atoms with E-state index in [1.54, 1.807) is 0 Å². The van der Waals surface area contributed by atoms with Crippen LogP contribution in [-0.4, -0.2) is 24.5 Å². The highest BCUT2D eigenvalue weighted by atomic mass is 16.5. The topological polar surface area (TPSA) is 21.6 Å². The fourth-order valence-electron chi connectivity index (χ4n) is 3.04. The summed E-state index contributed by atoms with van der Waals surface area (Å²) >= 11 is 0. The molecular formula is C14H17NO. The third-order valence-corrected chi connectivity index (χ3v) is 4.08. The van der Waals surface area contributed by atoms with Crippen molar-refractivity contribution < 1.29 is 4.74 Å². The number of benzene rings is 1. The van der Waals surface area contributed by atoms with Gasteiger partial charge in [0.15, 0.2) is 0 Å². The lowest BCUT2D eigenvalue weighted by Gasteiger charge is -2.46. The Morgan fingerprint density at radius 2 is 2.06 bits per heavy atom. The fourth-order valence-corrected chi connectivity index (χ4v) is 3.04. The third kappa shape index (κ3) is 1.33. The second-order valence-corrected chi connectivity index (χ2v) is 5.07. The Balaban J connectivity index is 1.86. The van der Waals surface area contributed by atoms with Gasteiger partial charge >= 0.3 is 0 Å². The molecule has 84 valence electrons. The van der Waals surface area contributed by atoms with Crippen LogP contribution in [-0.2, 0) is 4.74 Å². The van der Waals surface area contributed by atoms with Gasteiger partial charge in [0.2, 0.25) is 0 Å². The van der Waals surface area contributed by atoms with Crippen LogP contribution in [0, 0.1) is 5.92 Å². The zero-order valence-corrected chi connectivity index (χ0v) is 9.81. The van der Waals surface area contributed by atoms with E-state index in [9.17, 15) is 0 Å². The van der Waals surface area contributed by atoms with E-state index in [-0.39, 0.29) is 5.54 Å². The van der Waals surface area contributed by atoms with E-state index in [2.05, 4.69) is 31.2 Å². The van der Waals surface area contributed by atoms with Gasteiger partial charge < -0.3 is 4.74 Å². The first-order valence-electron chi connectivity index (χ1n) is 5.90. The number of aliphatic imine (C=N–C) groups is 1. The number of ether oxygens (including phenoxy) is 1. The molecule has 3 atom stereocenters. The second-order valence-electron chi connectivity index (χ2n) is 5.07. The molecule has 2 heteroatoms. The van der Waals surface area contributed by atoms with Crippen LogP contribution < -0.4 is 0 Å².